The lowest BCUT2D eigenvalue weighted by Gasteiger charge is -2.61. The van der Waals surface area contributed by atoms with Crippen molar-refractivity contribution in [3.63, 3.8) is 0 Å². The summed E-state index contributed by atoms with van der Waals surface area (Å²) >= 11 is 0. The monoisotopic (exact) mass is 446 g/mol. The van der Waals surface area contributed by atoms with Gasteiger partial charge in [-0.2, -0.15) is 0 Å². The first-order valence-corrected chi connectivity index (χ1v) is 12.7. The van der Waals surface area contributed by atoms with Crippen LogP contribution in [0.1, 0.15) is 65.2 Å². The molecule has 0 aromatic rings. The summed E-state index contributed by atoms with van der Waals surface area (Å²) in [5, 5.41) is 11.8. The summed E-state index contributed by atoms with van der Waals surface area (Å²) in [7, 11) is 0. The van der Waals surface area contributed by atoms with E-state index in [1.54, 1.807) is 0 Å². The Bertz CT molecular complexity index is 796. The average molecular weight is 447 g/mol. The van der Waals surface area contributed by atoms with E-state index in [4.69, 9.17) is 18.9 Å². The molecule has 178 valence electrons. The molecule has 2 saturated heterocycles. The van der Waals surface area contributed by atoms with Gasteiger partial charge in [0.2, 0.25) is 0 Å². The summed E-state index contributed by atoms with van der Waals surface area (Å²) in [6.45, 7) is 7.00. The highest BCUT2D eigenvalue weighted by molar-refractivity contribution is 5.52. The van der Waals surface area contributed by atoms with Gasteiger partial charge in [-0.05, 0) is 67.6 Å². The van der Waals surface area contributed by atoms with Gasteiger partial charge in [-0.15, -0.1) is 0 Å². The lowest BCUT2D eigenvalue weighted by molar-refractivity contribution is -0.231. The Hall–Kier alpha value is -0.790. The Morgan fingerprint density at radius 2 is 1.78 bits per heavy atom. The van der Waals surface area contributed by atoms with Crippen molar-refractivity contribution in [1.29, 1.82) is 0 Å². The molecule has 0 bridgehead atoms. The maximum Gasteiger partial charge on any atom is 0.172 e. The topological polar surface area (TPSA) is 74.2 Å². The third-order valence-electron chi connectivity index (χ3n) is 10.5. The largest absolute Gasteiger partial charge is 0.393 e. The summed E-state index contributed by atoms with van der Waals surface area (Å²) in [6.07, 6.45) is 10.0. The summed E-state index contributed by atoms with van der Waals surface area (Å²) < 4.78 is 24.3. The molecule has 0 amide bonds. The van der Waals surface area contributed by atoms with Gasteiger partial charge < -0.3 is 28.8 Å². The molecule has 5 fully saturated rings. The Balaban J connectivity index is 1.35. The van der Waals surface area contributed by atoms with E-state index in [0.29, 0.717) is 51.1 Å². The molecule has 4 aliphatic carbocycles. The van der Waals surface area contributed by atoms with Crippen LogP contribution in [0.5, 0.6) is 0 Å². The van der Waals surface area contributed by atoms with Crippen molar-refractivity contribution in [2.24, 2.45) is 34.5 Å². The van der Waals surface area contributed by atoms with Crippen molar-refractivity contribution in [3.05, 3.63) is 11.6 Å². The van der Waals surface area contributed by atoms with E-state index < -0.39 is 17.7 Å². The number of allylic oxidation sites excluding steroid dienone is 1. The number of ether oxygens (including phenoxy) is 4. The minimum absolute atomic E-state index is 0.0292. The number of carbonyl (C=O) groups is 1. The second-order valence-electron chi connectivity index (χ2n) is 11.7. The van der Waals surface area contributed by atoms with Gasteiger partial charge in [0.05, 0.1) is 32.5 Å². The normalized spacial score (nSPS) is 48.7. The third-order valence-corrected chi connectivity index (χ3v) is 10.5. The van der Waals surface area contributed by atoms with Crippen LogP contribution in [-0.2, 0) is 23.7 Å². The zero-order valence-electron chi connectivity index (χ0n) is 19.5. The standard InChI is InChI=1S/C26H38O6/c1-23-7-8-26(31-13-14-32-26)15-17(23)3-4-18-19-5-6-21(24(2)29-11-12-30-24)25(19,9-10-27)16-20(28)22(18)23/h3,10,18-22,28H,4-9,11-16H2,1-2H3/t18-,19-,20-,21+,22+,23-,25-/m0/s1. The summed E-state index contributed by atoms with van der Waals surface area (Å²) in [6, 6.07) is 0. The van der Waals surface area contributed by atoms with E-state index in [9.17, 15) is 9.90 Å². The maximum atomic E-state index is 12.0. The van der Waals surface area contributed by atoms with Crippen molar-refractivity contribution >= 4 is 6.29 Å². The van der Waals surface area contributed by atoms with Crippen LogP contribution < -0.4 is 0 Å². The molecule has 0 aromatic heterocycles. The third kappa shape index (κ3) is 2.86. The molecule has 6 rings (SSSR count). The number of aliphatic hydroxyl groups is 1. The van der Waals surface area contributed by atoms with E-state index in [0.717, 1.165) is 44.8 Å². The van der Waals surface area contributed by atoms with Gasteiger partial charge in [0.1, 0.15) is 6.29 Å². The number of rotatable bonds is 3. The smallest absolute Gasteiger partial charge is 0.172 e. The average Bonchev–Trinajstić information content (AvgIpc) is 3.48. The first-order chi connectivity index (χ1) is 15.4. The molecule has 0 unspecified atom stereocenters. The number of hydrogen-bond donors (Lipinski definition) is 1. The zero-order valence-corrected chi connectivity index (χ0v) is 19.5. The minimum atomic E-state index is -0.641. The van der Waals surface area contributed by atoms with Crippen molar-refractivity contribution in [1.82, 2.24) is 0 Å². The predicted octanol–water partition coefficient (Wildman–Crippen LogP) is 3.61. The van der Waals surface area contributed by atoms with E-state index in [1.807, 2.05) is 0 Å². The van der Waals surface area contributed by atoms with Crippen LogP contribution in [0.2, 0.25) is 0 Å². The van der Waals surface area contributed by atoms with Gasteiger partial charge in [0.25, 0.3) is 0 Å². The van der Waals surface area contributed by atoms with Crippen molar-refractivity contribution in [3.8, 4) is 0 Å². The second kappa shape index (κ2) is 7.35. The fourth-order valence-electron chi connectivity index (χ4n) is 9.32. The number of aldehydes is 1. The fraction of sp³-hybridized carbons (Fsp3) is 0.885. The number of aliphatic hydroxyl groups excluding tert-OH is 1. The van der Waals surface area contributed by atoms with Gasteiger partial charge in [0, 0.05) is 25.2 Å². The molecule has 0 radical (unpaired) electrons. The molecule has 6 aliphatic rings. The molecule has 6 nitrogen and oxygen atoms in total. The first kappa shape index (κ1) is 21.7. The Labute approximate surface area is 191 Å². The van der Waals surface area contributed by atoms with E-state index in [1.165, 1.54) is 5.57 Å². The van der Waals surface area contributed by atoms with Crippen LogP contribution in [0.15, 0.2) is 11.6 Å². The van der Waals surface area contributed by atoms with Crippen molar-refractivity contribution < 1.29 is 28.8 Å². The van der Waals surface area contributed by atoms with Gasteiger partial charge in [-0.25, -0.2) is 0 Å². The highest BCUT2D eigenvalue weighted by atomic mass is 16.7. The minimum Gasteiger partial charge on any atom is -0.393 e. The number of hydrogen-bond acceptors (Lipinski definition) is 6. The van der Waals surface area contributed by atoms with E-state index in [2.05, 4.69) is 19.9 Å². The summed E-state index contributed by atoms with van der Waals surface area (Å²) in [5.41, 5.74) is 1.15. The van der Waals surface area contributed by atoms with Gasteiger partial charge in [0.15, 0.2) is 11.6 Å². The zero-order chi connectivity index (χ0) is 22.2. The van der Waals surface area contributed by atoms with Gasteiger partial charge >= 0.3 is 0 Å². The summed E-state index contributed by atoms with van der Waals surface area (Å²) in [4.78, 5) is 12.0. The molecule has 0 aromatic carbocycles. The lowest BCUT2D eigenvalue weighted by Crippen LogP contribution is -2.60. The Kier molecular flexibility index (Phi) is 4.99. The SMILES string of the molecule is CC1([C@H]2CC[C@H]3[C@@H]4CC=C5CC6(CC[C@]5(C)[C@H]4[C@@H](O)C[C@]23CC=O)OCCO6)OCCO1. The highest BCUT2D eigenvalue weighted by Gasteiger charge is 2.67. The van der Waals surface area contributed by atoms with Crippen LogP contribution in [0.3, 0.4) is 0 Å². The quantitative estimate of drug-likeness (QED) is 0.527. The molecule has 1 N–H and O–H groups in total. The number of fused-ring (bicyclic) bond motifs is 5. The van der Waals surface area contributed by atoms with Crippen LogP contribution in [-0.4, -0.2) is 55.5 Å². The molecule has 3 saturated carbocycles. The predicted molar refractivity (Wildman–Crippen MR) is 117 cm³/mol. The molecule has 2 heterocycles. The second-order valence-corrected chi connectivity index (χ2v) is 11.7. The molecule has 2 aliphatic heterocycles. The van der Waals surface area contributed by atoms with Crippen LogP contribution in [0.25, 0.3) is 0 Å². The van der Waals surface area contributed by atoms with Crippen LogP contribution >= 0.6 is 0 Å². The maximum absolute atomic E-state index is 12.0. The van der Waals surface area contributed by atoms with Crippen LogP contribution in [0, 0.1) is 34.5 Å². The Morgan fingerprint density at radius 1 is 1.06 bits per heavy atom. The molecule has 1 spiro atoms. The first-order valence-electron chi connectivity index (χ1n) is 12.7. The molecular formula is C26H38O6. The van der Waals surface area contributed by atoms with Gasteiger partial charge in [-0.1, -0.05) is 18.6 Å². The van der Waals surface area contributed by atoms with Crippen molar-refractivity contribution in [2.75, 3.05) is 26.4 Å². The molecule has 7 atom stereocenters. The summed E-state index contributed by atoms with van der Waals surface area (Å²) in [5.74, 6) is 0.100. The highest BCUT2D eigenvalue weighted by Crippen LogP contribution is 2.69. The van der Waals surface area contributed by atoms with Gasteiger partial charge in [-0.3, -0.25) is 0 Å². The van der Waals surface area contributed by atoms with Crippen LogP contribution in [0.4, 0.5) is 0 Å². The molecule has 32 heavy (non-hydrogen) atoms. The fourth-order valence-corrected chi connectivity index (χ4v) is 9.32. The van der Waals surface area contributed by atoms with E-state index in [-0.39, 0.29) is 22.7 Å². The lowest BCUT2D eigenvalue weighted by atomic mass is 9.45. The van der Waals surface area contributed by atoms with Crippen molar-refractivity contribution in [2.45, 2.75) is 82.9 Å². The molecular weight excluding hydrogens is 408 g/mol. The number of carbonyl (C=O) groups excluding carboxylic acids is 1. The molecule has 6 heteroatoms. The Morgan fingerprint density at radius 3 is 2.50 bits per heavy atom. The van der Waals surface area contributed by atoms with E-state index >= 15 is 0 Å².